The smallest absolute Gasteiger partial charge is 0.0133 e. The third kappa shape index (κ3) is 1.88. The molecule has 0 saturated heterocycles. The molecule has 0 atom stereocenters. The standard InChI is InChI=1S/C9H12/c1-2-9-7-5-3-4-6-8-9/h2-6H,7-8H2,1H3. The van der Waals surface area contributed by atoms with Crippen molar-refractivity contribution < 1.29 is 0 Å². The van der Waals surface area contributed by atoms with Gasteiger partial charge in [-0.1, -0.05) is 36.0 Å². The van der Waals surface area contributed by atoms with Gasteiger partial charge in [-0.05, 0) is 19.8 Å². The van der Waals surface area contributed by atoms with Gasteiger partial charge in [-0.2, -0.15) is 0 Å². The summed E-state index contributed by atoms with van der Waals surface area (Å²) in [4.78, 5) is 0. The van der Waals surface area contributed by atoms with E-state index in [2.05, 4.69) is 37.3 Å². The summed E-state index contributed by atoms with van der Waals surface area (Å²) >= 11 is 0. The quantitative estimate of drug-likeness (QED) is 0.431. The second-order valence-electron chi connectivity index (χ2n) is 2.21. The monoisotopic (exact) mass is 120 g/mol. The van der Waals surface area contributed by atoms with E-state index in [1.54, 1.807) is 0 Å². The van der Waals surface area contributed by atoms with Crippen molar-refractivity contribution in [2.45, 2.75) is 19.8 Å². The van der Waals surface area contributed by atoms with E-state index in [1.807, 2.05) is 0 Å². The maximum atomic E-state index is 2.19. The topological polar surface area (TPSA) is 0 Å². The van der Waals surface area contributed by atoms with Crippen LogP contribution in [0.2, 0.25) is 0 Å². The number of hydrogen-bond acceptors (Lipinski definition) is 0. The molecule has 0 spiro atoms. The van der Waals surface area contributed by atoms with Crippen LogP contribution in [-0.4, -0.2) is 0 Å². The first kappa shape index (κ1) is 6.34. The van der Waals surface area contributed by atoms with Gasteiger partial charge in [0, 0.05) is 0 Å². The summed E-state index contributed by atoms with van der Waals surface area (Å²) in [6, 6.07) is 0. The molecule has 0 unspecified atom stereocenters. The van der Waals surface area contributed by atoms with Gasteiger partial charge >= 0.3 is 0 Å². The lowest BCUT2D eigenvalue weighted by atomic mass is 10.1. The number of allylic oxidation sites excluding steroid dienone is 6. The molecule has 0 nitrogen and oxygen atoms in total. The Balaban J connectivity index is 2.61. The van der Waals surface area contributed by atoms with E-state index in [-0.39, 0.29) is 0 Å². The summed E-state index contributed by atoms with van der Waals surface area (Å²) in [5, 5.41) is 0. The van der Waals surface area contributed by atoms with Gasteiger partial charge in [0.25, 0.3) is 0 Å². The molecule has 1 aliphatic carbocycles. The highest BCUT2D eigenvalue weighted by Crippen LogP contribution is 2.11. The van der Waals surface area contributed by atoms with Gasteiger partial charge in [-0.15, -0.1) is 0 Å². The molecule has 0 aromatic heterocycles. The highest BCUT2D eigenvalue weighted by molar-refractivity contribution is 5.18. The molecule has 0 aromatic carbocycles. The van der Waals surface area contributed by atoms with Gasteiger partial charge in [0.2, 0.25) is 0 Å². The molecule has 0 aromatic rings. The largest absolute Gasteiger partial charge is 0.0878 e. The normalized spacial score (nSPS) is 17.7. The van der Waals surface area contributed by atoms with Gasteiger partial charge in [0.05, 0.1) is 0 Å². The fourth-order valence-corrected chi connectivity index (χ4v) is 0.915. The highest BCUT2D eigenvalue weighted by Gasteiger charge is 1.90. The van der Waals surface area contributed by atoms with Crippen molar-refractivity contribution in [2.24, 2.45) is 0 Å². The Kier molecular flexibility index (Phi) is 2.32. The average Bonchev–Trinajstić information content (AvgIpc) is 2.13. The first-order valence-corrected chi connectivity index (χ1v) is 3.39. The number of rotatable bonds is 0. The third-order valence-corrected chi connectivity index (χ3v) is 1.55. The third-order valence-electron chi connectivity index (χ3n) is 1.55. The molecule has 9 heavy (non-hydrogen) atoms. The summed E-state index contributed by atoms with van der Waals surface area (Å²) < 4.78 is 0. The summed E-state index contributed by atoms with van der Waals surface area (Å²) in [6.45, 7) is 2.10. The van der Waals surface area contributed by atoms with Gasteiger partial charge in [-0.3, -0.25) is 0 Å². The molecular formula is C9H12. The van der Waals surface area contributed by atoms with E-state index >= 15 is 0 Å². The van der Waals surface area contributed by atoms with E-state index in [1.165, 1.54) is 5.57 Å². The maximum Gasteiger partial charge on any atom is -0.0133 e. The van der Waals surface area contributed by atoms with Crippen molar-refractivity contribution >= 4 is 0 Å². The zero-order chi connectivity index (χ0) is 6.53. The van der Waals surface area contributed by atoms with Gasteiger partial charge in [-0.25, -0.2) is 0 Å². The molecule has 0 saturated carbocycles. The van der Waals surface area contributed by atoms with Crippen LogP contribution in [-0.2, 0) is 0 Å². The van der Waals surface area contributed by atoms with Gasteiger partial charge in [0.15, 0.2) is 0 Å². The predicted molar refractivity (Wildman–Crippen MR) is 41.3 cm³/mol. The second kappa shape index (κ2) is 3.29. The SMILES string of the molecule is CC=C1CC=CC=CC1. The van der Waals surface area contributed by atoms with Crippen LogP contribution in [0.25, 0.3) is 0 Å². The summed E-state index contributed by atoms with van der Waals surface area (Å²) in [6.07, 6.45) is 13.1. The van der Waals surface area contributed by atoms with Crippen molar-refractivity contribution in [1.82, 2.24) is 0 Å². The van der Waals surface area contributed by atoms with Crippen LogP contribution in [0.1, 0.15) is 19.8 Å². The molecule has 0 heterocycles. The van der Waals surface area contributed by atoms with E-state index in [4.69, 9.17) is 0 Å². The van der Waals surface area contributed by atoms with Gasteiger partial charge in [0.1, 0.15) is 0 Å². The molecule has 0 amide bonds. The van der Waals surface area contributed by atoms with Crippen LogP contribution in [0.5, 0.6) is 0 Å². The molecule has 0 bridgehead atoms. The molecule has 1 rings (SSSR count). The molecular weight excluding hydrogens is 108 g/mol. The lowest BCUT2D eigenvalue weighted by Gasteiger charge is -1.94. The Morgan fingerprint density at radius 2 is 1.78 bits per heavy atom. The first-order chi connectivity index (χ1) is 4.43. The first-order valence-electron chi connectivity index (χ1n) is 3.39. The van der Waals surface area contributed by atoms with Crippen LogP contribution < -0.4 is 0 Å². The Hall–Kier alpha value is -0.780. The van der Waals surface area contributed by atoms with Crippen LogP contribution in [0.15, 0.2) is 36.0 Å². The van der Waals surface area contributed by atoms with Crippen LogP contribution >= 0.6 is 0 Å². The van der Waals surface area contributed by atoms with Crippen molar-refractivity contribution in [2.75, 3.05) is 0 Å². The van der Waals surface area contributed by atoms with Crippen LogP contribution in [0.4, 0.5) is 0 Å². The van der Waals surface area contributed by atoms with Crippen molar-refractivity contribution in [3.8, 4) is 0 Å². The summed E-state index contributed by atoms with van der Waals surface area (Å²) in [7, 11) is 0. The zero-order valence-corrected chi connectivity index (χ0v) is 5.80. The minimum absolute atomic E-state index is 1.13. The molecule has 0 radical (unpaired) electrons. The van der Waals surface area contributed by atoms with Crippen molar-refractivity contribution in [1.29, 1.82) is 0 Å². The molecule has 0 fully saturated rings. The average molecular weight is 120 g/mol. The van der Waals surface area contributed by atoms with E-state index in [9.17, 15) is 0 Å². The summed E-state index contributed by atoms with van der Waals surface area (Å²) in [5.41, 5.74) is 1.51. The van der Waals surface area contributed by atoms with E-state index < -0.39 is 0 Å². The Bertz CT molecular complexity index is 143. The lowest BCUT2D eigenvalue weighted by Crippen LogP contribution is -1.74. The van der Waals surface area contributed by atoms with E-state index in [0.717, 1.165) is 12.8 Å². The maximum absolute atomic E-state index is 2.19. The minimum atomic E-state index is 1.13. The zero-order valence-electron chi connectivity index (χ0n) is 5.80. The predicted octanol–water partition coefficient (Wildman–Crippen LogP) is 2.84. The lowest BCUT2D eigenvalue weighted by molar-refractivity contribution is 1.11. The highest BCUT2D eigenvalue weighted by atomic mass is 14.0. The van der Waals surface area contributed by atoms with Crippen LogP contribution in [0, 0.1) is 0 Å². The molecule has 1 aliphatic rings. The number of hydrogen-bond donors (Lipinski definition) is 0. The second-order valence-corrected chi connectivity index (χ2v) is 2.21. The van der Waals surface area contributed by atoms with Crippen LogP contribution in [0.3, 0.4) is 0 Å². The summed E-state index contributed by atoms with van der Waals surface area (Å²) in [5.74, 6) is 0. The molecule has 0 N–H and O–H groups in total. The molecule has 48 valence electrons. The fraction of sp³-hybridized carbons (Fsp3) is 0.333. The van der Waals surface area contributed by atoms with Gasteiger partial charge < -0.3 is 0 Å². The van der Waals surface area contributed by atoms with E-state index in [0.29, 0.717) is 0 Å². The fourth-order valence-electron chi connectivity index (χ4n) is 0.915. The Labute approximate surface area is 56.6 Å². The molecule has 0 aliphatic heterocycles. The van der Waals surface area contributed by atoms with Crippen molar-refractivity contribution in [3.63, 3.8) is 0 Å². The Morgan fingerprint density at radius 1 is 1.22 bits per heavy atom. The Morgan fingerprint density at radius 3 is 2.22 bits per heavy atom. The van der Waals surface area contributed by atoms with Crippen molar-refractivity contribution in [3.05, 3.63) is 36.0 Å². The minimum Gasteiger partial charge on any atom is -0.0878 e. The molecule has 0 heteroatoms.